The van der Waals surface area contributed by atoms with E-state index in [0.717, 1.165) is 12.8 Å². The van der Waals surface area contributed by atoms with E-state index in [1.165, 1.54) is 29.8 Å². The van der Waals surface area contributed by atoms with Gasteiger partial charge in [0.25, 0.3) is 5.91 Å². The molecule has 2 unspecified atom stereocenters. The van der Waals surface area contributed by atoms with Crippen molar-refractivity contribution in [3.05, 3.63) is 71.5 Å². The standard InChI is InChI=1S/C23H30FNO/c1-17(2)23(4,15-18(3)14-19-8-6-5-7-9-19)16-25-22(26)20-10-12-21(24)13-11-20/h5-13,17-18H,14-16H2,1-4H3,(H,25,26). The fourth-order valence-electron chi connectivity index (χ4n) is 3.38. The van der Waals surface area contributed by atoms with E-state index in [0.29, 0.717) is 23.9 Å². The molecule has 0 fully saturated rings. The Morgan fingerprint density at radius 1 is 1.04 bits per heavy atom. The van der Waals surface area contributed by atoms with Crippen molar-refractivity contribution in [1.29, 1.82) is 0 Å². The lowest BCUT2D eigenvalue weighted by atomic mass is 9.72. The van der Waals surface area contributed by atoms with Crippen molar-refractivity contribution in [3.63, 3.8) is 0 Å². The summed E-state index contributed by atoms with van der Waals surface area (Å²) < 4.78 is 13.0. The van der Waals surface area contributed by atoms with Crippen LogP contribution in [-0.4, -0.2) is 12.5 Å². The van der Waals surface area contributed by atoms with Crippen LogP contribution in [0.1, 0.15) is 50.0 Å². The normalized spacial score (nSPS) is 14.7. The van der Waals surface area contributed by atoms with Crippen LogP contribution in [0.3, 0.4) is 0 Å². The van der Waals surface area contributed by atoms with Crippen LogP contribution >= 0.6 is 0 Å². The van der Waals surface area contributed by atoms with Gasteiger partial charge in [-0.05, 0) is 59.9 Å². The van der Waals surface area contributed by atoms with E-state index in [4.69, 9.17) is 0 Å². The summed E-state index contributed by atoms with van der Waals surface area (Å²) in [6.45, 7) is 9.54. The SMILES string of the molecule is CC(Cc1ccccc1)CC(C)(CNC(=O)c1ccc(F)cc1)C(C)C. The highest BCUT2D eigenvalue weighted by molar-refractivity contribution is 5.94. The molecular weight excluding hydrogens is 325 g/mol. The molecular formula is C23H30FNO. The molecule has 0 heterocycles. The smallest absolute Gasteiger partial charge is 0.251 e. The van der Waals surface area contributed by atoms with Gasteiger partial charge in [0.2, 0.25) is 0 Å². The lowest BCUT2D eigenvalue weighted by Gasteiger charge is -2.36. The number of halogens is 1. The monoisotopic (exact) mass is 355 g/mol. The highest BCUT2D eigenvalue weighted by Gasteiger charge is 2.31. The molecule has 0 saturated heterocycles. The Hall–Kier alpha value is -2.16. The van der Waals surface area contributed by atoms with Crippen LogP contribution in [0.25, 0.3) is 0 Å². The maximum Gasteiger partial charge on any atom is 0.251 e. The predicted molar refractivity (Wildman–Crippen MR) is 106 cm³/mol. The third kappa shape index (κ3) is 5.69. The minimum Gasteiger partial charge on any atom is -0.351 e. The van der Waals surface area contributed by atoms with Gasteiger partial charge in [0.1, 0.15) is 5.82 Å². The van der Waals surface area contributed by atoms with E-state index in [-0.39, 0.29) is 17.1 Å². The van der Waals surface area contributed by atoms with E-state index in [2.05, 4.69) is 57.3 Å². The third-order valence-electron chi connectivity index (χ3n) is 5.39. The number of nitrogens with one attached hydrogen (secondary N) is 1. The fourth-order valence-corrected chi connectivity index (χ4v) is 3.38. The van der Waals surface area contributed by atoms with Gasteiger partial charge in [0.15, 0.2) is 0 Å². The maximum absolute atomic E-state index is 13.0. The van der Waals surface area contributed by atoms with Gasteiger partial charge in [-0.2, -0.15) is 0 Å². The molecule has 3 heteroatoms. The Kier molecular flexibility index (Phi) is 6.96. The predicted octanol–water partition coefficient (Wildman–Crippen LogP) is 5.49. The molecule has 2 rings (SSSR count). The molecule has 1 amide bonds. The van der Waals surface area contributed by atoms with Crippen LogP contribution < -0.4 is 5.32 Å². The Bertz CT molecular complexity index is 696. The van der Waals surface area contributed by atoms with Gasteiger partial charge in [-0.1, -0.05) is 58.0 Å². The highest BCUT2D eigenvalue weighted by Crippen LogP contribution is 2.34. The fraction of sp³-hybridized carbons (Fsp3) is 0.435. The lowest BCUT2D eigenvalue weighted by Crippen LogP contribution is -2.40. The average molecular weight is 355 g/mol. The molecule has 140 valence electrons. The summed E-state index contributed by atoms with van der Waals surface area (Å²) in [6, 6.07) is 16.2. The van der Waals surface area contributed by atoms with Crippen molar-refractivity contribution in [2.75, 3.05) is 6.54 Å². The van der Waals surface area contributed by atoms with Crippen molar-refractivity contribution in [2.45, 2.75) is 40.5 Å². The Balaban J connectivity index is 1.97. The molecule has 2 atom stereocenters. The molecule has 2 aromatic carbocycles. The van der Waals surface area contributed by atoms with E-state index in [1.807, 2.05) is 6.07 Å². The second-order valence-corrected chi connectivity index (χ2v) is 8.00. The van der Waals surface area contributed by atoms with Gasteiger partial charge in [-0.25, -0.2) is 4.39 Å². The van der Waals surface area contributed by atoms with Crippen molar-refractivity contribution in [2.24, 2.45) is 17.3 Å². The molecule has 0 bridgehead atoms. The number of carbonyl (C=O) groups is 1. The molecule has 26 heavy (non-hydrogen) atoms. The van der Waals surface area contributed by atoms with Gasteiger partial charge in [0.05, 0.1) is 0 Å². The van der Waals surface area contributed by atoms with E-state index in [1.54, 1.807) is 0 Å². The first-order valence-corrected chi connectivity index (χ1v) is 9.38. The molecule has 0 aliphatic carbocycles. The minimum absolute atomic E-state index is 0.00386. The van der Waals surface area contributed by atoms with Crippen LogP contribution in [0.2, 0.25) is 0 Å². The first-order valence-electron chi connectivity index (χ1n) is 9.38. The van der Waals surface area contributed by atoms with Crippen molar-refractivity contribution in [3.8, 4) is 0 Å². The largest absolute Gasteiger partial charge is 0.351 e. The summed E-state index contributed by atoms with van der Waals surface area (Å²) in [5.41, 5.74) is 1.85. The summed E-state index contributed by atoms with van der Waals surface area (Å²) in [5, 5.41) is 3.05. The lowest BCUT2D eigenvalue weighted by molar-refractivity contribution is 0.0897. The first kappa shape index (κ1) is 20.2. The molecule has 0 spiro atoms. The number of benzene rings is 2. The van der Waals surface area contributed by atoms with Crippen LogP contribution in [0.5, 0.6) is 0 Å². The molecule has 0 aromatic heterocycles. The maximum atomic E-state index is 13.0. The number of hydrogen-bond donors (Lipinski definition) is 1. The molecule has 0 aliphatic heterocycles. The van der Waals surface area contributed by atoms with Crippen LogP contribution in [-0.2, 0) is 6.42 Å². The average Bonchev–Trinajstić information content (AvgIpc) is 2.61. The second-order valence-electron chi connectivity index (χ2n) is 8.00. The van der Waals surface area contributed by atoms with Crippen molar-refractivity contribution < 1.29 is 9.18 Å². The Labute approximate surface area is 156 Å². The van der Waals surface area contributed by atoms with Gasteiger partial charge < -0.3 is 5.32 Å². The van der Waals surface area contributed by atoms with Crippen LogP contribution in [0.4, 0.5) is 4.39 Å². The zero-order chi connectivity index (χ0) is 19.2. The molecule has 0 radical (unpaired) electrons. The molecule has 0 aliphatic rings. The Morgan fingerprint density at radius 2 is 1.65 bits per heavy atom. The van der Waals surface area contributed by atoms with E-state index >= 15 is 0 Å². The second kappa shape index (κ2) is 8.98. The zero-order valence-corrected chi connectivity index (χ0v) is 16.3. The molecule has 0 saturated carbocycles. The van der Waals surface area contributed by atoms with Crippen LogP contribution in [0.15, 0.2) is 54.6 Å². The highest BCUT2D eigenvalue weighted by atomic mass is 19.1. The summed E-state index contributed by atoms with van der Waals surface area (Å²) in [4.78, 5) is 12.4. The van der Waals surface area contributed by atoms with E-state index < -0.39 is 0 Å². The van der Waals surface area contributed by atoms with Crippen molar-refractivity contribution >= 4 is 5.91 Å². The summed E-state index contributed by atoms with van der Waals surface area (Å²) in [6.07, 6.45) is 2.07. The van der Waals surface area contributed by atoms with Gasteiger partial charge >= 0.3 is 0 Å². The quantitative estimate of drug-likeness (QED) is 0.667. The van der Waals surface area contributed by atoms with Gasteiger partial charge in [0, 0.05) is 12.1 Å². The number of amides is 1. The van der Waals surface area contributed by atoms with Gasteiger partial charge in [-0.3, -0.25) is 4.79 Å². The number of hydrogen-bond acceptors (Lipinski definition) is 1. The summed E-state index contributed by atoms with van der Waals surface area (Å²) in [5.74, 6) is 0.484. The number of rotatable bonds is 8. The molecule has 1 N–H and O–H groups in total. The summed E-state index contributed by atoms with van der Waals surface area (Å²) >= 11 is 0. The molecule has 2 aromatic rings. The van der Waals surface area contributed by atoms with Crippen molar-refractivity contribution in [1.82, 2.24) is 5.32 Å². The van der Waals surface area contributed by atoms with E-state index in [9.17, 15) is 9.18 Å². The minimum atomic E-state index is -0.330. The Morgan fingerprint density at radius 3 is 2.23 bits per heavy atom. The van der Waals surface area contributed by atoms with Gasteiger partial charge in [-0.15, -0.1) is 0 Å². The topological polar surface area (TPSA) is 29.1 Å². The summed E-state index contributed by atoms with van der Waals surface area (Å²) in [7, 11) is 0. The number of carbonyl (C=O) groups excluding carboxylic acids is 1. The first-order chi connectivity index (χ1) is 12.3. The molecule has 2 nitrogen and oxygen atoms in total. The van der Waals surface area contributed by atoms with Crippen LogP contribution in [0, 0.1) is 23.1 Å². The zero-order valence-electron chi connectivity index (χ0n) is 16.3. The third-order valence-corrected chi connectivity index (χ3v) is 5.39.